The fourth-order valence-corrected chi connectivity index (χ4v) is 1.68. The Bertz CT molecular complexity index is 479. The van der Waals surface area contributed by atoms with Crippen molar-refractivity contribution in [1.82, 2.24) is 15.1 Å². The van der Waals surface area contributed by atoms with Crippen LogP contribution in [0.3, 0.4) is 0 Å². The summed E-state index contributed by atoms with van der Waals surface area (Å²) >= 11 is 0. The Morgan fingerprint density at radius 1 is 1.62 bits per heavy atom. The molecule has 0 aliphatic rings. The summed E-state index contributed by atoms with van der Waals surface area (Å²) in [6, 6.07) is 0. The maximum Gasteiger partial charge on any atom is 0.258 e. The molecule has 0 unspecified atom stereocenters. The highest BCUT2D eigenvalue weighted by atomic mass is 32.2. The summed E-state index contributed by atoms with van der Waals surface area (Å²) in [4.78, 5) is 13.0. The van der Waals surface area contributed by atoms with Crippen molar-refractivity contribution in [2.24, 2.45) is 0 Å². The monoisotopic (exact) mass is 246 g/mol. The van der Waals surface area contributed by atoms with Crippen molar-refractivity contribution < 1.29 is 13.2 Å². The summed E-state index contributed by atoms with van der Waals surface area (Å²) in [7, 11) is -1.57. The number of anilines is 1. The number of carbonyl (C=O) groups excluding carboxylic acids is 1. The SMILES string of the molecule is CN(CCS(C)(=O)=O)C(=O)c1cn[nH]c1N. The van der Waals surface area contributed by atoms with E-state index in [0.29, 0.717) is 0 Å². The van der Waals surface area contributed by atoms with Gasteiger partial charge in [0, 0.05) is 19.8 Å². The highest BCUT2D eigenvalue weighted by Gasteiger charge is 2.17. The Morgan fingerprint density at radius 2 is 2.25 bits per heavy atom. The molecule has 90 valence electrons. The van der Waals surface area contributed by atoms with Crippen molar-refractivity contribution in [3.63, 3.8) is 0 Å². The zero-order valence-electron chi connectivity index (χ0n) is 9.10. The number of hydrogen-bond acceptors (Lipinski definition) is 5. The predicted octanol–water partition coefficient (Wildman–Crippen LogP) is -0.891. The molecule has 0 radical (unpaired) electrons. The Balaban J connectivity index is 2.66. The second-order valence-corrected chi connectivity index (χ2v) is 5.81. The average Bonchev–Trinajstić information content (AvgIpc) is 2.58. The first kappa shape index (κ1) is 12.5. The molecular weight excluding hydrogens is 232 g/mol. The number of amides is 1. The lowest BCUT2D eigenvalue weighted by Crippen LogP contribution is -2.31. The van der Waals surface area contributed by atoms with Crippen LogP contribution in [0.5, 0.6) is 0 Å². The Kier molecular flexibility index (Phi) is 3.53. The van der Waals surface area contributed by atoms with Gasteiger partial charge in [-0.25, -0.2) is 8.42 Å². The first-order valence-corrected chi connectivity index (χ1v) is 6.59. The summed E-state index contributed by atoms with van der Waals surface area (Å²) in [5.41, 5.74) is 5.72. The van der Waals surface area contributed by atoms with E-state index in [1.54, 1.807) is 0 Å². The molecule has 1 heterocycles. The van der Waals surface area contributed by atoms with E-state index in [1.165, 1.54) is 18.1 Å². The number of nitrogens with zero attached hydrogens (tertiary/aromatic N) is 2. The van der Waals surface area contributed by atoms with Gasteiger partial charge in [0.1, 0.15) is 21.2 Å². The van der Waals surface area contributed by atoms with E-state index < -0.39 is 9.84 Å². The number of sulfone groups is 1. The molecule has 0 fully saturated rings. The smallest absolute Gasteiger partial charge is 0.258 e. The number of nitrogens with one attached hydrogen (secondary N) is 1. The first-order chi connectivity index (χ1) is 7.31. The summed E-state index contributed by atoms with van der Waals surface area (Å²) in [6.45, 7) is 0.127. The van der Waals surface area contributed by atoms with Gasteiger partial charge in [-0.2, -0.15) is 5.10 Å². The van der Waals surface area contributed by atoms with Crippen LogP contribution in [-0.2, 0) is 9.84 Å². The molecule has 0 saturated carbocycles. The zero-order chi connectivity index (χ0) is 12.3. The lowest BCUT2D eigenvalue weighted by Gasteiger charge is -2.15. The molecule has 0 bridgehead atoms. The van der Waals surface area contributed by atoms with E-state index >= 15 is 0 Å². The van der Waals surface area contributed by atoms with Crippen LogP contribution in [0.15, 0.2) is 6.20 Å². The number of aromatic amines is 1. The number of hydrogen-bond donors (Lipinski definition) is 2. The van der Waals surface area contributed by atoms with E-state index in [1.807, 2.05) is 0 Å². The molecule has 3 N–H and O–H groups in total. The molecule has 0 aliphatic heterocycles. The highest BCUT2D eigenvalue weighted by molar-refractivity contribution is 7.90. The minimum absolute atomic E-state index is 0.0764. The number of nitrogens with two attached hydrogens (primary N) is 1. The number of H-pyrrole nitrogens is 1. The van der Waals surface area contributed by atoms with E-state index in [0.717, 1.165) is 6.26 Å². The van der Waals surface area contributed by atoms with E-state index in [4.69, 9.17) is 5.73 Å². The lowest BCUT2D eigenvalue weighted by atomic mass is 10.3. The van der Waals surface area contributed by atoms with Crippen molar-refractivity contribution in [1.29, 1.82) is 0 Å². The number of nitrogen functional groups attached to an aromatic ring is 1. The molecule has 0 saturated heterocycles. The third-order valence-electron chi connectivity index (χ3n) is 2.04. The molecule has 1 aromatic heterocycles. The molecule has 7 nitrogen and oxygen atoms in total. The topological polar surface area (TPSA) is 109 Å². The maximum absolute atomic E-state index is 11.7. The number of rotatable bonds is 4. The van der Waals surface area contributed by atoms with Crippen LogP contribution in [0.25, 0.3) is 0 Å². The molecule has 0 aromatic carbocycles. The minimum Gasteiger partial charge on any atom is -0.383 e. The van der Waals surface area contributed by atoms with Gasteiger partial charge in [0.15, 0.2) is 0 Å². The van der Waals surface area contributed by atoms with Gasteiger partial charge in [-0.1, -0.05) is 0 Å². The lowest BCUT2D eigenvalue weighted by molar-refractivity contribution is 0.0804. The van der Waals surface area contributed by atoms with E-state index in [-0.39, 0.29) is 29.6 Å². The third kappa shape index (κ3) is 3.23. The molecule has 8 heteroatoms. The van der Waals surface area contributed by atoms with Gasteiger partial charge in [0.2, 0.25) is 0 Å². The first-order valence-electron chi connectivity index (χ1n) is 4.53. The normalized spacial score (nSPS) is 11.4. The van der Waals surface area contributed by atoms with Crippen molar-refractivity contribution >= 4 is 21.6 Å². The zero-order valence-corrected chi connectivity index (χ0v) is 9.91. The summed E-state index contributed by atoms with van der Waals surface area (Å²) in [5, 5.41) is 6.06. The summed E-state index contributed by atoms with van der Waals surface area (Å²) in [5.74, 6) is -0.251. The second kappa shape index (κ2) is 4.52. The Labute approximate surface area is 93.5 Å². The van der Waals surface area contributed by atoms with Crippen molar-refractivity contribution in [2.45, 2.75) is 0 Å². The van der Waals surface area contributed by atoms with Gasteiger partial charge >= 0.3 is 0 Å². The summed E-state index contributed by atoms with van der Waals surface area (Å²) in [6.07, 6.45) is 2.44. The highest BCUT2D eigenvalue weighted by Crippen LogP contribution is 2.08. The summed E-state index contributed by atoms with van der Waals surface area (Å²) < 4.78 is 21.9. The van der Waals surface area contributed by atoms with Gasteiger partial charge in [-0.3, -0.25) is 9.89 Å². The van der Waals surface area contributed by atoms with Crippen LogP contribution < -0.4 is 5.73 Å². The quantitative estimate of drug-likeness (QED) is 0.716. The minimum atomic E-state index is -3.08. The molecule has 0 atom stereocenters. The van der Waals surface area contributed by atoms with Crippen molar-refractivity contribution in [3.8, 4) is 0 Å². The van der Waals surface area contributed by atoms with Crippen molar-refractivity contribution in [3.05, 3.63) is 11.8 Å². The molecule has 0 spiro atoms. The Hall–Kier alpha value is -1.57. The number of carbonyl (C=O) groups is 1. The third-order valence-corrected chi connectivity index (χ3v) is 2.97. The second-order valence-electron chi connectivity index (χ2n) is 3.55. The van der Waals surface area contributed by atoms with Crippen LogP contribution in [0, 0.1) is 0 Å². The van der Waals surface area contributed by atoms with Crippen molar-refractivity contribution in [2.75, 3.05) is 31.3 Å². The van der Waals surface area contributed by atoms with Crippen LogP contribution in [-0.4, -0.2) is 55.0 Å². The van der Waals surface area contributed by atoms with E-state index in [2.05, 4.69) is 10.2 Å². The van der Waals surface area contributed by atoms with Gasteiger partial charge in [0.25, 0.3) is 5.91 Å². The van der Waals surface area contributed by atoms with Gasteiger partial charge in [-0.05, 0) is 0 Å². The largest absolute Gasteiger partial charge is 0.383 e. The maximum atomic E-state index is 11.7. The standard InChI is InChI=1S/C8H14N4O3S/c1-12(3-4-16(2,14)15)8(13)6-5-10-11-7(6)9/h5H,3-4H2,1-2H3,(H3,9,10,11). The molecule has 1 aromatic rings. The van der Waals surface area contributed by atoms with Crippen LogP contribution >= 0.6 is 0 Å². The van der Waals surface area contributed by atoms with Gasteiger partial charge < -0.3 is 10.6 Å². The average molecular weight is 246 g/mol. The molecule has 1 amide bonds. The number of aromatic nitrogens is 2. The fraction of sp³-hybridized carbons (Fsp3) is 0.500. The van der Waals surface area contributed by atoms with Gasteiger partial charge in [-0.15, -0.1) is 0 Å². The van der Waals surface area contributed by atoms with Crippen LogP contribution in [0.2, 0.25) is 0 Å². The van der Waals surface area contributed by atoms with Crippen LogP contribution in [0.4, 0.5) is 5.82 Å². The van der Waals surface area contributed by atoms with E-state index in [9.17, 15) is 13.2 Å². The predicted molar refractivity (Wildman–Crippen MR) is 59.7 cm³/mol. The molecular formula is C8H14N4O3S. The van der Waals surface area contributed by atoms with Gasteiger partial charge in [0.05, 0.1) is 11.9 Å². The van der Waals surface area contributed by atoms with Crippen LogP contribution in [0.1, 0.15) is 10.4 Å². The molecule has 0 aliphatic carbocycles. The molecule has 16 heavy (non-hydrogen) atoms. The molecule has 1 rings (SSSR count). The Morgan fingerprint density at radius 3 is 2.69 bits per heavy atom. The fourth-order valence-electron chi connectivity index (χ4n) is 1.08.